The van der Waals surface area contributed by atoms with Crippen molar-refractivity contribution in [2.75, 3.05) is 4.72 Å². The van der Waals surface area contributed by atoms with Gasteiger partial charge in [-0.25, -0.2) is 12.8 Å². The van der Waals surface area contributed by atoms with Crippen molar-refractivity contribution >= 4 is 37.5 Å². The van der Waals surface area contributed by atoms with E-state index in [1.165, 1.54) is 42.5 Å². The van der Waals surface area contributed by atoms with Gasteiger partial charge >= 0.3 is 0 Å². The molecule has 3 aromatic rings. The van der Waals surface area contributed by atoms with E-state index in [1.54, 1.807) is 0 Å². The number of carbonyl (C=O) groups is 1. The maximum Gasteiger partial charge on any atom is 0.262 e. The highest BCUT2D eigenvalue weighted by molar-refractivity contribution is 9.10. The number of carbonyl (C=O) groups excluding carboxylic acids is 1. The number of hydrogen-bond donors (Lipinski definition) is 2. The summed E-state index contributed by atoms with van der Waals surface area (Å²) in [6.45, 7) is 1.83. The number of anilines is 1. The number of para-hydroxylation sites is 1. The van der Waals surface area contributed by atoms with E-state index < -0.39 is 21.7 Å². The predicted molar refractivity (Wildman–Crippen MR) is 114 cm³/mol. The first-order valence-corrected chi connectivity index (χ1v) is 11.0. The lowest BCUT2D eigenvalue weighted by Crippen LogP contribution is -2.27. The second kappa shape index (κ2) is 8.75. The van der Waals surface area contributed by atoms with E-state index in [1.807, 2.05) is 31.2 Å². The molecule has 29 heavy (non-hydrogen) atoms. The Balaban J connectivity index is 1.78. The molecule has 0 saturated carbocycles. The van der Waals surface area contributed by atoms with Gasteiger partial charge in [0.15, 0.2) is 0 Å². The van der Waals surface area contributed by atoms with Gasteiger partial charge in [0, 0.05) is 10.0 Å². The third kappa shape index (κ3) is 5.21. The van der Waals surface area contributed by atoms with Crippen molar-refractivity contribution in [1.82, 2.24) is 5.32 Å². The largest absolute Gasteiger partial charge is 0.346 e. The fourth-order valence-electron chi connectivity index (χ4n) is 2.67. The monoisotopic (exact) mass is 476 g/mol. The molecule has 3 aromatic carbocycles. The van der Waals surface area contributed by atoms with Gasteiger partial charge in [-0.3, -0.25) is 9.52 Å². The van der Waals surface area contributed by atoms with Crippen molar-refractivity contribution in [3.05, 3.63) is 94.2 Å². The molecule has 8 heteroatoms. The molecule has 0 aromatic heterocycles. The molecule has 0 aliphatic rings. The number of benzene rings is 3. The first-order chi connectivity index (χ1) is 13.8. The summed E-state index contributed by atoms with van der Waals surface area (Å²) in [4.78, 5) is 12.5. The van der Waals surface area contributed by atoms with E-state index >= 15 is 0 Å². The standard InChI is InChI=1S/C21H18BrFN2O3S/c1-14(15-9-11-17(22)12-10-15)24-21(26)16-5-4-6-18(13-16)29(27,28)25-20-8-3-2-7-19(20)23/h2-14,25H,1H3,(H,24,26). The Morgan fingerprint density at radius 3 is 2.38 bits per heavy atom. The quantitative estimate of drug-likeness (QED) is 0.532. The average molecular weight is 477 g/mol. The second-order valence-electron chi connectivity index (χ2n) is 6.36. The van der Waals surface area contributed by atoms with Crippen molar-refractivity contribution < 1.29 is 17.6 Å². The van der Waals surface area contributed by atoms with Crippen LogP contribution < -0.4 is 10.0 Å². The Bertz CT molecular complexity index is 1130. The Hall–Kier alpha value is -2.71. The molecular weight excluding hydrogens is 459 g/mol. The maximum atomic E-state index is 13.8. The fourth-order valence-corrected chi connectivity index (χ4v) is 4.04. The van der Waals surface area contributed by atoms with E-state index in [4.69, 9.17) is 0 Å². The molecule has 150 valence electrons. The van der Waals surface area contributed by atoms with Crippen LogP contribution in [0.2, 0.25) is 0 Å². The summed E-state index contributed by atoms with van der Waals surface area (Å²) >= 11 is 3.36. The highest BCUT2D eigenvalue weighted by atomic mass is 79.9. The van der Waals surface area contributed by atoms with E-state index in [0.29, 0.717) is 0 Å². The Morgan fingerprint density at radius 1 is 1.00 bits per heavy atom. The summed E-state index contributed by atoms with van der Waals surface area (Å²) in [6, 6.07) is 18.3. The van der Waals surface area contributed by atoms with Gasteiger partial charge in [-0.1, -0.05) is 46.3 Å². The highest BCUT2D eigenvalue weighted by Gasteiger charge is 2.19. The van der Waals surface area contributed by atoms with Crippen LogP contribution in [0.5, 0.6) is 0 Å². The van der Waals surface area contributed by atoms with Crippen LogP contribution in [-0.4, -0.2) is 14.3 Å². The van der Waals surface area contributed by atoms with Gasteiger partial charge in [0.2, 0.25) is 0 Å². The number of nitrogens with one attached hydrogen (secondary N) is 2. The van der Waals surface area contributed by atoms with Gasteiger partial charge < -0.3 is 5.32 Å². The molecule has 0 radical (unpaired) electrons. The minimum atomic E-state index is -4.05. The van der Waals surface area contributed by atoms with Crippen LogP contribution in [0.3, 0.4) is 0 Å². The van der Waals surface area contributed by atoms with E-state index in [9.17, 15) is 17.6 Å². The first-order valence-electron chi connectivity index (χ1n) is 8.70. The highest BCUT2D eigenvalue weighted by Crippen LogP contribution is 2.21. The van der Waals surface area contributed by atoms with Crippen molar-refractivity contribution in [2.24, 2.45) is 0 Å². The minimum absolute atomic E-state index is 0.135. The number of hydrogen-bond acceptors (Lipinski definition) is 3. The first kappa shape index (κ1) is 21.0. The molecule has 1 atom stereocenters. The summed E-state index contributed by atoms with van der Waals surface area (Å²) in [5.74, 6) is -1.10. The molecule has 5 nitrogen and oxygen atoms in total. The molecule has 0 aliphatic carbocycles. The van der Waals surface area contributed by atoms with E-state index in [0.717, 1.165) is 16.1 Å². The number of halogens is 2. The Kier molecular flexibility index (Phi) is 6.34. The van der Waals surface area contributed by atoms with E-state index in [-0.39, 0.29) is 22.2 Å². The van der Waals surface area contributed by atoms with Crippen LogP contribution in [0, 0.1) is 5.82 Å². The van der Waals surface area contributed by atoms with Crippen LogP contribution in [0.25, 0.3) is 0 Å². The summed E-state index contributed by atoms with van der Waals surface area (Å²) in [5.41, 5.74) is 0.933. The van der Waals surface area contributed by atoms with Crippen LogP contribution in [0.1, 0.15) is 28.9 Å². The summed E-state index contributed by atoms with van der Waals surface area (Å²) in [5, 5.41) is 2.84. The zero-order chi connectivity index (χ0) is 21.0. The smallest absolute Gasteiger partial charge is 0.262 e. The summed E-state index contributed by atoms with van der Waals surface area (Å²) in [7, 11) is -4.05. The lowest BCUT2D eigenvalue weighted by molar-refractivity contribution is 0.0939. The maximum absolute atomic E-state index is 13.8. The molecule has 0 aliphatic heterocycles. The fraction of sp³-hybridized carbons (Fsp3) is 0.0952. The number of amides is 1. The lowest BCUT2D eigenvalue weighted by atomic mass is 10.1. The molecule has 0 heterocycles. The van der Waals surface area contributed by atoms with Crippen molar-refractivity contribution in [1.29, 1.82) is 0 Å². The van der Waals surface area contributed by atoms with Gasteiger partial charge in [-0.05, 0) is 55.0 Å². The van der Waals surface area contributed by atoms with Crippen molar-refractivity contribution in [3.63, 3.8) is 0 Å². The summed E-state index contributed by atoms with van der Waals surface area (Å²) < 4.78 is 42.1. The van der Waals surface area contributed by atoms with Gasteiger partial charge in [0.25, 0.3) is 15.9 Å². The van der Waals surface area contributed by atoms with Crippen molar-refractivity contribution in [2.45, 2.75) is 17.9 Å². The molecule has 0 fully saturated rings. The third-order valence-corrected chi connectivity index (χ3v) is 6.13. The molecule has 1 unspecified atom stereocenters. The molecule has 1 amide bonds. The minimum Gasteiger partial charge on any atom is -0.346 e. The second-order valence-corrected chi connectivity index (χ2v) is 8.96. The normalized spacial score (nSPS) is 12.2. The zero-order valence-electron chi connectivity index (χ0n) is 15.4. The Morgan fingerprint density at radius 2 is 1.69 bits per heavy atom. The zero-order valence-corrected chi connectivity index (χ0v) is 17.8. The number of sulfonamides is 1. The van der Waals surface area contributed by atoms with Crippen LogP contribution in [0.4, 0.5) is 10.1 Å². The topological polar surface area (TPSA) is 75.3 Å². The number of rotatable bonds is 6. The van der Waals surface area contributed by atoms with Gasteiger partial charge in [-0.15, -0.1) is 0 Å². The molecule has 2 N–H and O–H groups in total. The predicted octanol–water partition coefficient (Wildman–Crippen LogP) is 4.88. The molecule has 0 bridgehead atoms. The Labute approximate surface area is 177 Å². The van der Waals surface area contributed by atoms with E-state index in [2.05, 4.69) is 26.0 Å². The van der Waals surface area contributed by atoms with Gasteiger partial charge in [-0.2, -0.15) is 0 Å². The van der Waals surface area contributed by atoms with Gasteiger partial charge in [0.1, 0.15) is 5.82 Å². The van der Waals surface area contributed by atoms with Crippen LogP contribution in [-0.2, 0) is 10.0 Å². The summed E-state index contributed by atoms with van der Waals surface area (Å²) in [6.07, 6.45) is 0. The molecule has 3 rings (SSSR count). The van der Waals surface area contributed by atoms with Crippen LogP contribution >= 0.6 is 15.9 Å². The lowest BCUT2D eigenvalue weighted by Gasteiger charge is -2.15. The molecule has 0 spiro atoms. The SMILES string of the molecule is CC(NC(=O)c1cccc(S(=O)(=O)Nc2ccccc2F)c1)c1ccc(Br)cc1. The molecular formula is C21H18BrFN2O3S. The third-order valence-electron chi connectivity index (χ3n) is 4.24. The average Bonchev–Trinajstić information content (AvgIpc) is 2.70. The van der Waals surface area contributed by atoms with Gasteiger partial charge in [0.05, 0.1) is 16.6 Å². The van der Waals surface area contributed by atoms with Crippen LogP contribution in [0.15, 0.2) is 82.2 Å². The molecule has 0 saturated heterocycles. The van der Waals surface area contributed by atoms with Crippen molar-refractivity contribution in [3.8, 4) is 0 Å².